The Balaban J connectivity index is 2.17. The minimum absolute atomic E-state index is 0.393. The first-order valence-electron chi connectivity index (χ1n) is 6.63. The third-order valence-corrected chi connectivity index (χ3v) is 4.06. The van der Waals surface area contributed by atoms with Crippen LogP contribution in [-0.4, -0.2) is 11.8 Å². The molecule has 0 aliphatic carbocycles. The van der Waals surface area contributed by atoms with Crippen molar-refractivity contribution in [1.82, 2.24) is 5.32 Å². The van der Waals surface area contributed by atoms with Crippen molar-refractivity contribution in [1.29, 1.82) is 0 Å². The summed E-state index contributed by atoms with van der Waals surface area (Å²) in [6.45, 7) is 0. The number of carbonyl (C=O) groups is 2. The summed E-state index contributed by atoms with van der Waals surface area (Å²) in [6, 6.07) is 14.1. The molecule has 5 heteroatoms. The van der Waals surface area contributed by atoms with Gasteiger partial charge in [-0.25, -0.2) is 0 Å². The number of nitrogens with one attached hydrogen (secondary N) is 1. The van der Waals surface area contributed by atoms with E-state index in [1.807, 2.05) is 6.07 Å². The fourth-order valence-corrected chi connectivity index (χ4v) is 2.97. The number of halogens is 2. The largest absolute Gasteiger partial charge is 0.292 e. The van der Waals surface area contributed by atoms with Crippen LogP contribution in [0.1, 0.15) is 17.0 Å². The van der Waals surface area contributed by atoms with E-state index in [9.17, 15) is 9.59 Å². The lowest BCUT2D eigenvalue weighted by atomic mass is 9.84. The zero-order chi connectivity index (χ0) is 15.7. The van der Waals surface area contributed by atoms with Crippen LogP contribution >= 0.6 is 23.2 Å². The predicted molar refractivity (Wildman–Crippen MR) is 86.8 cm³/mol. The maximum absolute atomic E-state index is 12.4. The lowest BCUT2D eigenvalue weighted by Gasteiger charge is -2.24. The van der Waals surface area contributed by atoms with Crippen molar-refractivity contribution in [3.8, 4) is 0 Å². The molecule has 0 radical (unpaired) electrons. The van der Waals surface area contributed by atoms with Crippen LogP contribution in [0.15, 0.2) is 54.6 Å². The van der Waals surface area contributed by atoms with Crippen molar-refractivity contribution in [2.75, 3.05) is 0 Å². The van der Waals surface area contributed by atoms with Crippen LogP contribution < -0.4 is 5.32 Å². The normalized spacial score (nSPS) is 17.9. The predicted octanol–water partition coefficient (Wildman–Crippen LogP) is 3.82. The number of imide groups is 1. The maximum atomic E-state index is 12.4. The van der Waals surface area contributed by atoms with Crippen molar-refractivity contribution in [3.05, 3.63) is 75.8 Å². The molecule has 0 saturated carbocycles. The number of rotatable bonds is 2. The standard InChI is InChI=1S/C17H11Cl2NO2/c18-11-5-3-4-10(8-11)13-9-15(21)20-17(22)16(13)12-6-1-2-7-14(12)19/h1-9,16H,(H,20,21,22). The van der Waals surface area contributed by atoms with Crippen LogP contribution in [0.3, 0.4) is 0 Å². The molecule has 2 aromatic rings. The summed E-state index contributed by atoms with van der Waals surface area (Å²) < 4.78 is 0. The molecular formula is C17H11Cl2NO2. The highest BCUT2D eigenvalue weighted by Gasteiger charge is 2.32. The smallest absolute Gasteiger partial charge is 0.250 e. The molecule has 110 valence electrons. The molecule has 0 saturated heterocycles. The second-order valence-electron chi connectivity index (χ2n) is 4.92. The second-order valence-corrected chi connectivity index (χ2v) is 5.76. The van der Waals surface area contributed by atoms with Gasteiger partial charge in [0.25, 0.3) is 5.91 Å². The summed E-state index contributed by atoms with van der Waals surface area (Å²) in [5.41, 5.74) is 1.96. The third-order valence-electron chi connectivity index (χ3n) is 3.48. The monoisotopic (exact) mass is 331 g/mol. The first-order valence-corrected chi connectivity index (χ1v) is 7.38. The van der Waals surface area contributed by atoms with Crippen LogP contribution in [0.25, 0.3) is 5.57 Å². The van der Waals surface area contributed by atoms with Crippen molar-refractivity contribution >= 4 is 40.6 Å². The van der Waals surface area contributed by atoms with Gasteiger partial charge in [0, 0.05) is 16.1 Å². The highest BCUT2D eigenvalue weighted by atomic mass is 35.5. The topological polar surface area (TPSA) is 46.2 Å². The van der Waals surface area contributed by atoms with Crippen molar-refractivity contribution in [2.24, 2.45) is 0 Å². The Labute approximate surface area is 137 Å². The summed E-state index contributed by atoms with van der Waals surface area (Å²) in [4.78, 5) is 24.1. The molecule has 22 heavy (non-hydrogen) atoms. The average molecular weight is 332 g/mol. The lowest BCUT2D eigenvalue weighted by Crippen LogP contribution is -2.38. The Morgan fingerprint density at radius 3 is 2.45 bits per heavy atom. The van der Waals surface area contributed by atoms with E-state index in [4.69, 9.17) is 23.2 Å². The van der Waals surface area contributed by atoms with Crippen LogP contribution in [0.4, 0.5) is 0 Å². The third kappa shape index (κ3) is 2.78. The summed E-state index contributed by atoms with van der Waals surface area (Å²) in [7, 11) is 0. The number of amides is 2. The number of hydrogen-bond acceptors (Lipinski definition) is 2. The quantitative estimate of drug-likeness (QED) is 0.850. The minimum atomic E-state index is -0.648. The minimum Gasteiger partial charge on any atom is -0.292 e. The van der Waals surface area contributed by atoms with Crippen LogP contribution in [0.2, 0.25) is 10.0 Å². The van der Waals surface area contributed by atoms with Gasteiger partial charge in [-0.05, 0) is 34.9 Å². The van der Waals surface area contributed by atoms with Gasteiger partial charge in [-0.3, -0.25) is 14.9 Å². The van der Waals surface area contributed by atoms with E-state index in [-0.39, 0.29) is 0 Å². The zero-order valence-corrected chi connectivity index (χ0v) is 12.9. The molecule has 1 unspecified atom stereocenters. The maximum Gasteiger partial charge on any atom is 0.250 e. The molecule has 2 amide bonds. The van der Waals surface area contributed by atoms with Gasteiger partial charge in [-0.2, -0.15) is 0 Å². The van der Waals surface area contributed by atoms with E-state index in [0.717, 1.165) is 5.56 Å². The summed E-state index contributed by atoms with van der Waals surface area (Å²) in [5.74, 6) is -1.48. The first kappa shape index (κ1) is 14.8. The van der Waals surface area contributed by atoms with E-state index in [1.54, 1.807) is 42.5 Å². The molecule has 1 N–H and O–H groups in total. The Hall–Kier alpha value is -2.10. The number of benzene rings is 2. The highest BCUT2D eigenvalue weighted by Crippen LogP contribution is 2.38. The molecule has 0 spiro atoms. The Kier molecular flexibility index (Phi) is 4.01. The molecular weight excluding hydrogens is 321 g/mol. The fourth-order valence-electron chi connectivity index (χ4n) is 2.53. The summed E-state index contributed by atoms with van der Waals surface area (Å²) in [6.07, 6.45) is 1.42. The van der Waals surface area contributed by atoms with Gasteiger partial charge in [0.1, 0.15) is 0 Å². The Morgan fingerprint density at radius 2 is 1.73 bits per heavy atom. The highest BCUT2D eigenvalue weighted by molar-refractivity contribution is 6.32. The molecule has 0 bridgehead atoms. The molecule has 3 nitrogen and oxygen atoms in total. The fraction of sp³-hybridized carbons (Fsp3) is 0.0588. The molecule has 1 heterocycles. The van der Waals surface area contributed by atoms with Crippen molar-refractivity contribution in [2.45, 2.75) is 5.92 Å². The molecule has 0 aromatic heterocycles. The van der Waals surface area contributed by atoms with Gasteiger partial charge in [0.2, 0.25) is 5.91 Å². The molecule has 1 atom stereocenters. The van der Waals surface area contributed by atoms with Crippen LogP contribution in [0.5, 0.6) is 0 Å². The van der Waals surface area contributed by atoms with Crippen molar-refractivity contribution in [3.63, 3.8) is 0 Å². The van der Waals surface area contributed by atoms with Gasteiger partial charge in [-0.1, -0.05) is 53.5 Å². The lowest BCUT2D eigenvalue weighted by molar-refractivity contribution is -0.128. The summed E-state index contributed by atoms with van der Waals surface area (Å²) in [5, 5.41) is 3.34. The molecule has 1 aliphatic heterocycles. The first-order chi connectivity index (χ1) is 10.6. The van der Waals surface area contributed by atoms with E-state index in [0.29, 0.717) is 21.2 Å². The van der Waals surface area contributed by atoms with E-state index >= 15 is 0 Å². The van der Waals surface area contributed by atoms with Gasteiger partial charge >= 0.3 is 0 Å². The van der Waals surface area contributed by atoms with E-state index < -0.39 is 17.7 Å². The summed E-state index contributed by atoms with van der Waals surface area (Å²) >= 11 is 12.2. The van der Waals surface area contributed by atoms with Gasteiger partial charge in [-0.15, -0.1) is 0 Å². The number of hydrogen-bond donors (Lipinski definition) is 1. The zero-order valence-electron chi connectivity index (χ0n) is 11.3. The molecule has 0 fully saturated rings. The molecule has 1 aliphatic rings. The van der Waals surface area contributed by atoms with Gasteiger partial charge in [0.05, 0.1) is 5.92 Å². The van der Waals surface area contributed by atoms with Gasteiger partial charge < -0.3 is 0 Å². The molecule has 2 aromatic carbocycles. The van der Waals surface area contributed by atoms with E-state index in [2.05, 4.69) is 5.32 Å². The van der Waals surface area contributed by atoms with E-state index in [1.165, 1.54) is 6.08 Å². The number of carbonyl (C=O) groups excluding carboxylic acids is 2. The molecule has 3 rings (SSSR count). The SMILES string of the molecule is O=C1C=C(c2cccc(Cl)c2)C(c2ccccc2Cl)C(=O)N1. The average Bonchev–Trinajstić information content (AvgIpc) is 2.48. The Morgan fingerprint density at radius 1 is 0.955 bits per heavy atom. The Bertz CT molecular complexity index is 799. The van der Waals surface area contributed by atoms with Crippen LogP contribution in [0, 0.1) is 0 Å². The van der Waals surface area contributed by atoms with Crippen molar-refractivity contribution < 1.29 is 9.59 Å². The van der Waals surface area contributed by atoms with Crippen LogP contribution in [-0.2, 0) is 9.59 Å². The second kappa shape index (κ2) is 5.95. The van der Waals surface area contributed by atoms with Gasteiger partial charge in [0.15, 0.2) is 0 Å².